The van der Waals surface area contributed by atoms with Gasteiger partial charge in [0.15, 0.2) is 0 Å². The van der Waals surface area contributed by atoms with Crippen LogP contribution in [0.3, 0.4) is 0 Å². The summed E-state index contributed by atoms with van der Waals surface area (Å²) in [6, 6.07) is 0. The summed E-state index contributed by atoms with van der Waals surface area (Å²) in [5, 5.41) is 9.53. The van der Waals surface area contributed by atoms with Crippen LogP contribution >= 0.6 is 0 Å². The summed E-state index contributed by atoms with van der Waals surface area (Å²) in [5.41, 5.74) is -0.780. The third-order valence-electron chi connectivity index (χ3n) is 2.05. The van der Waals surface area contributed by atoms with Crippen LogP contribution in [0, 0.1) is 5.92 Å². The van der Waals surface area contributed by atoms with Gasteiger partial charge in [-0.05, 0) is 33.1 Å². The Hall–Kier alpha value is -0.570. The molecule has 0 aromatic heterocycles. The van der Waals surface area contributed by atoms with E-state index in [1.54, 1.807) is 13.8 Å². The van der Waals surface area contributed by atoms with Crippen LogP contribution in [0.5, 0.6) is 0 Å². The lowest BCUT2D eigenvalue weighted by Gasteiger charge is -2.22. The van der Waals surface area contributed by atoms with Gasteiger partial charge in [0.1, 0.15) is 6.10 Å². The van der Waals surface area contributed by atoms with E-state index in [9.17, 15) is 9.90 Å². The van der Waals surface area contributed by atoms with Gasteiger partial charge in [-0.3, -0.25) is 4.79 Å². The van der Waals surface area contributed by atoms with Crippen LogP contribution in [-0.4, -0.2) is 22.8 Å². The van der Waals surface area contributed by atoms with Gasteiger partial charge in [-0.1, -0.05) is 13.8 Å². The van der Waals surface area contributed by atoms with Crippen molar-refractivity contribution in [1.29, 1.82) is 0 Å². The smallest absolute Gasteiger partial charge is 0.306 e. The highest BCUT2D eigenvalue weighted by molar-refractivity contribution is 5.69. The number of aliphatic hydroxyl groups is 1. The number of esters is 1. The van der Waals surface area contributed by atoms with Gasteiger partial charge in [0.05, 0.1) is 5.60 Å². The van der Waals surface area contributed by atoms with E-state index in [0.29, 0.717) is 18.8 Å². The standard InChI is InChI=1S/C12H24O3/c1-9(2)6-7-11(13)15-10(3)8-12(4,5)14/h9-10,14H,6-8H2,1-5H3/t10-/m0/s1. The van der Waals surface area contributed by atoms with Gasteiger partial charge in [0.2, 0.25) is 0 Å². The Balaban J connectivity index is 3.77. The molecular formula is C12H24O3. The Morgan fingerprint density at radius 1 is 1.33 bits per heavy atom. The molecule has 0 unspecified atom stereocenters. The molecule has 0 aromatic rings. The van der Waals surface area contributed by atoms with E-state index in [1.165, 1.54) is 0 Å². The Kier molecular flexibility index (Phi) is 5.88. The lowest BCUT2D eigenvalue weighted by molar-refractivity contribution is -0.150. The normalized spacial score (nSPS) is 14.1. The van der Waals surface area contributed by atoms with Crippen molar-refractivity contribution in [3.63, 3.8) is 0 Å². The summed E-state index contributed by atoms with van der Waals surface area (Å²) in [7, 11) is 0. The summed E-state index contributed by atoms with van der Waals surface area (Å²) in [5.74, 6) is 0.350. The molecule has 3 nitrogen and oxygen atoms in total. The van der Waals surface area contributed by atoms with Gasteiger partial charge in [0, 0.05) is 12.8 Å². The van der Waals surface area contributed by atoms with Crippen LogP contribution in [0.25, 0.3) is 0 Å². The van der Waals surface area contributed by atoms with E-state index in [-0.39, 0.29) is 12.1 Å². The molecule has 0 saturated carbocycles. The molecule has 0 saturated heterocycles. The maximum atomic E-state index is 11.3. The number of carbonyl (C=O) groups excluding carboxylic acids is 1. The highest BCUT2D eigenvalue weighted by Gasteiger charge is 2.19. The first-order chi connectivity index (χ1) is 6.70. The number of hydrogen-bond donors (Lipinski definition) is 1. The van der Waals surface area contributed by atoms with Crippen molar-refractivity contribution in [2.75, 3.05) is 0 Å². The number of rotatable bonds is 6. The van der Waals surface area contributed by atoms with Crippen molar-refractivity contribution in [1.82, 2.24) is 0 Å². The van der Waals surface area contributed by atoms with Crippen molar-refractivity contribution in [3.8, 4) is 0 Å². The number of hydrogen-bond acceptors (Lipinski definition) is 3. The van der Waals surface area contributed by atoms with Gasteiger partial charge < -0.3 is 9.84 Å². The van der Waals surface area contributed by atoms with Gasteiger partial charge in [-0.2, -0.15) is 0 Å². The molecule has 0 rings (SSSR count). The number of carbonyl (C=O) groups is 1. The molecule has 0 heterocycles. The fourth-order valence-corrected chi connectivity index (χ4v) is 1.43. The second-order valence-corrected chi connectivity index (χ2v) is 5.25. The minimum Gasteiger partial charge on any atom is -0.463 e. The van der Waals surface area contributed by atoms with Crippen molar-refractivity contribution in [2.45, 2.75) is 65.6 Å². The van der Waals surface area contributed by atoms with Gasteiger partial charge in [-0.25, -0.2) is 0 Å². The molecule has 3 heteroatoms. The van der Waals surface area contributed by atoms with Gasteiger partial charge >= 0.3 is 5.97 Å². The molecule has 0 aromatic carbocycles. The zero-order chi connectivity index (χ0) is 12.1. The first kappa shape index (κ1) is 14.4. The van der Waals surface area contributed by atoms with Crippen molar-refractivity contribution < 1.29 is 14.6 Å². The lowest BCUT2D eigenvalue weighted by atomic mass is 10.0. The van der Waals surface area contributed by atoms with Crippen LogP contribution in [0.15, 0.2) is 0 Å². The van der Waals surface area contributed by atoms with E-state index >= 15 is 0 Å². The summed E-state index contributed by atoms with van der Waals surface area (Å²) in [6.45, 7) is 9.39. The van der Waals surface area contributed by atoms with Crippen molar-refractivity contribution >= 4 is 5.97 Å². The van der Waals surface area contributed by atoms with Crippen LogP contribution in [0.2, 0.25) is 0 Å². The molecule has 0 aliphatic heterocycles. The number of ether oxygens (including phenoxy) is 1. The quantitative estimate of drug-likeness (QED) is 0.694. The molecule has 0 bridgehead atoms. The maximum Gasteiger partial charge on any atom is 0.306 e. The summed E-state index contributed by atoms with van der Waals surface area (Å²) in [4.78, 5) is 11.3. The Morgan fingerprint density at radius 3 is 2.27 bits per heavy atom. The predicted octanol–water partition coefficient (Wildman–Crippen LogP) is 2.52. The first-order valence-corrected chi connectivity index (χ1v) is 5.62. The molecule has 1 N–H and O–H groups in total. The topological polar surface area (TPSA) is 46.5 Å². The van der Waals surface area contributed by atoms with E-state index in [2.05, 4.69) is 13.8 Å². The monoisotopic (exact) mass is 216 g/mol. The molecule has 0 radical (unpaired) electrons. The van der Waals surface area contributed by atoms with Crippen LogP contribution in [-0.2, 0) is 9.53 Å². The van der Waals surface area contributed by atoms with Crippen LogP contribution < -0.4 is 0 Å². The van der Waals surface area contributed by atoms with E-state index in [0.717, 1.165) is 6.42 Å². The van der Waals surface area contributed by atoms with Crippen molar-refractivity contribution in [3.05, 3.63) is 0 Å². The average molecular weight is 216 g/mol. The Bertz CT molecular complexity index is 192. The van der Waals surface area contributed by atoms with Crippen molar-refractivity contribution in [2.24, 2.45) is 5.92 Å². The third kappa shape index (κ3) is 9.73. The predicted molar refractivity (Wildman–Crippen MR) is 60.5 cm³/mol. The van der Waals surface area contributed by atoms with Gasteiger partial charge in [0.25, 0.3) is 0 Å². The summed E-state index contributed by atoms with van der Waals surface area (Å²) in [6.07, 6.45) is 1.58. The highest BCUT2D eigenvalue weighted by atomic mass is 16.5. The molecular weight excluding hydrogens is 192 g/mol. The van der Waals surface area contributed by atoms with E-state index in [1.807, 2.05) is 6.92 Å². The fraction of sp³-hybridized carbons (Fsp3) is 0.917. The zero-order valence-electron chi connectivity index (χ0n) is 10.5. The van der Waals surface area contributed by atoms with Gasteiger partial charge in [-0.15, -0.1) is 0 Å². The summed E-state index contributed by atoms with van der Waals surface area (Å²) >= 11 is 0. The summed E-state index contributed by atoms with van der Waals surface area (Å²) < 4.78 is 5.18. The third-order valence-corrected chi connectivity index (χ3v) is 2.05. The second-order valence-electron chi connectivity index (χ2n) is 5.25. The first-order valence-electron chi connectivity index (χ1n) is 5.62. The molecule has 90 valence electrons. The zero-order valence-corrected chi connectivity index (χ0v) is 10.5. The Morgan fingerprint density at radius 2 is 1.87 bits per heavy atom. The maximum absolute atomic E-state index is 11.3. The highest BCUT2D eigenvalue weighted by Crippen LogP contribution is 2.14. The SMILES string of the molecule is CC(C)CCC(=O)O[C@@H](C)CC(C)(C)O. The minimum absolute atomic E-state index is 0.166. The lowest BCUT2D eigenvalue weighted by Crippen LogP contribution is -2.27. The average Bonchev–Trinajstić information content (AvgIpc) is 1.96. The van der Waals surface area contributed by atoms with Crippen LogP contribution in [0.1, 0.15) is 53.9 Å². The minimum atomic E-state index is -0.780. The fourth-order valence-electron chi connectivity index (χ4n) is 1.43. The second kappa shape index (κ2) is 6.11. The van der Waals surface area contributed by atoms with E-state index < -0.39 is 5.60 Å². The molecule has 0 fully saturated rings. The van der Waals surface area contributed by atoms with E-state index in [4.69, 9.17) is 4.74 Å². The molecule has 0 amide bonds. The Labute approximate surface area is 92.8 Å². The van der Waals surface area contributed by atoms with Crippen LogP contribution in [0.4, 0.5) is 0 Å². The molecule has 0 aliphatic carbocycles. The molecule has 1 atom stereocenters. The molecule has 0 spiro atoms. The molecule has 0 aliphatic rings. The molecule has 15 heavy (non-hydrogen) atoms. The largest absolute Gasteiger partial charge is 0.463 e.